The van der Waals surface area contributed by atoms with Gasteiger partial charge in [0.25, 0.3) is 5.91 Å². The second kappa shape index (κ2) is 8.44. The van der Waals surface area contributed by atoms with Crippen molar-refractivity contribution < 1.29 is 18.0 Å². The van der Waals surface area contributed by atoms with Crippen LogP contribution in [0.15, 0.2) is 18.2 Å². The number of nitrogens with one attached hydrogen (secondary N) is 2. The van der Waals surface area contributed by atoms with Crippen LogP contribution >= 0.6 is 0 Å². The van der Waals surface area contributed by atoms with Crippen molar-refractivity contribution in [3.63, 3.8) is 0 Å². The SMILES string of the molecule is CC(C)(C)S(=O)(=O)N1CCC(NC(=O)CNC(=O)c2ccc3c(c2)CCC3)CC1. The molecule has 3 rings (SSSR count). The molecule has 2 N–H and O–H groups in total. The van der Waals surface area contributed by atoms with Gasteiger partial charge < -0.3 is 10.6 Å². The maximum Gasteiger partial charge on any atom is 0.251 e. The van der Waals surface area contributed by atoms with Gasteiger partial charge in [-0.05, 0) is 76.1 Å². The Balaban J connectivity index is 1.44. The van der Waals surface area contributed by atoms with E-state index in [2.05, 4.69) is 10.6 Å². The fourth-order valence-corrected chi connectivity index (χ4v) is 5.35. The lowest BCUT2D eigenvalue weighted by Gasteiger charge is -2.35. The highest BCUT2D eigenvalue weighted by molar-refractivity contribution is 7.90. The maximum atomic E-state index is 12.5. The quantitative estimate of drug-likeness (QED) is 0.755. The smallest absolute Gasteiger partial charge is 0.251 e. The Bertz CT molecular complexity index is 882. The zero-order chi connectivity index (χ0) is 21.2. The minimum atomic E-state index is -3.34. The fourth-order valence-electron chi connectivity index (χ4n) is 3.88. The van der Waals surface area contributed by atoms with Gasteiger partial charge in [0.15, 0.2) is 0 Å². The molecule has 0 unspecified atom stereocenters. The van der Waals surface area contributed by atoms with Crippen molar-refractivity contribution >= 4 is 21.8 Å². The molecule has 0 bridgehead atoms. The summed E-state index contributed by atoms with van der Waals surface area (Å²) in [5, 5.41) is 5.58. The third kappa shape index (κ3) is 4.98. The lowest BCUT2D eigenvalue weighted by atomic mass is 10.1. The summed E-state index contributed by atoms with van der Waals surface area (Å²) >= 11 is 0. The van der Waals surface area contributed by atoms with Gasteiger partial charge in [-0.2, -0.15) is 0 Å². The van der Waals surface area contributed by atoms with E-state index in [0.717, 1.165) is 19.3 Å². The van der Waals surface area contributed by atoms with Crippen molar-refractivity contribution in [1.82, 2.24) is 14.9 Å². The summed E-state index contributed by atoms with van der Waals surface area (Å²) in [6, 6.07) is 5.64. The molecule has 0 aromatic heterocycles. The van der Waals surface area contributed by atoms with Crippen LogP contribution in [0.2, 0.25) is 0 Å². The molecule has 1 aromatic rings. The van der Waals surface area contributed by atoms with Crippen LogP contribution in [0.25, 0.3) is 0 Å². The van der Waals surface area contributed by atoms with E-state index in [1.165, 1.54) is 15.4 Å². The van der Waals surface area contributed by atoms with Crippen LogP contribution in [0.1, 0.15) is 61.5 Å². The number of nitrogens with zero attached hydrogens (tertiary/aromatic N) is 1. The number of aryl methyl sites for hydroxylation is 2. The number of hydrogen-bond acceptors (Lipinski definition) is 4. The van der Waals surface area contributed by atoms with E-state index in [4.69, 9.17) is 0 Å². The molecular weight excluding hydrogens is 390 g/mol. The third-order valence-corrected chi connectivity index (χ3v) is 8.30. The number of sulfonamides is 1. The zero-order valence-corrected chi connectivity index (χ0v) is 18.3. The molecule has 1 saturated heterocycles. The van der Waals surface area contributed by atoms with E-state index in [1.54, 1.807) is 20.8 Å². The number of hydrogen-bond donors (Lipinski definition) is 2. The normalized spacial score (nSPS) is 18.3. The molecule has 160 valence electrons. The van der Waals surface area contributed by atoms with E-state index in [1.807, 2.05) is 18.2 Å². The van der Waals surface area contributed by atoms with Crippen LogP contribution in [0.4, 0.5) is 0 Å². The summed E-state index contributed by atoms with van der Waals surface area (Å²) in [4.78, 5) is 24.5. The number of piperidine rings is 1. The molecule has 0 saturated carbocycles. The molecule has 1 fully saturated rings. The predicted molar refractivity (Wildman–Crippen MR) is 112 cm³/mol. The Morgan fingerprint density at radius 3 is 2.41 bits per heavy atom. The van der Waals surface area contributed by atoms with E-state index in [9.17, 15) is 18.0 Å². The average Bonchev–Trinajstić information content (AvgIpc) is 3.13. The molecule has 2 aliphatic rings. The summed E-state index contributed by atoms with van der Waals surface area (Å²) in [6.45, 7) is 5.79. The maximum absolute atomic E-state index is 12.5. The van der Waals surface area contributed by atoms with Gasteiger partial charge in [-0.1, -0.05) is 6.07 Å². The molecule has 29 heavy (non-hydrogen) atoms. The Morgan fingerprint density at radius 2 is 1.76 bits per heavy atom. The minimum absolute atomic E-state index is 0.0779. The summed E-state index contributed by atoms with van der Waals surface area (Å²) in [5.74, 6) is -0.502. The first kappa shape index (κ1) is 21.8. The predicted octanol–water partition coefficient (Wildman–Crippen LogP) is 1.61. The number of rotatable bonds is 5. The first-order valence-electron chi connectivity index (χ1n) is 10.3. The second-order valence-corrected chi connectivity index (χ2v) is 11.6. The van der Waals surface area contributed by atoms with Crippen LogP contribution in [0, 0.1) is 0 Å². The number of amides is 2. The average molecular weight is 422 g/mol. The molecule has 0 atom stereocenters. The van der Waals surface area contributed by atoms with E-state index < -0.39 is 14.8 Å². The second-order valence-electron chi connectivity index (χ2n) is 8.88. The van der Waals surface area contributed by atoms with Crippen molar-refractivity contribution in [1.29, 1.82) is 0 Å². The zero-order valence-electron chi connectivity index (χ0n) is 17.5. The first-order chi connectivity index (χ1) is 13.6. The lowest BCUT2D eigenvalue weighted by Crippen LogP contribution is -2.51. The molecule has 1 aliphatic heterocycles. The van der Waals surface area contributed by atoms with Crippen LogP contribution in [-0.4, -0.2) is 55.0 Å². The van der Waals surface area contributed by atoms with Crippen molar-refractivity contribution in [2.24, 2.45) is 0 Å². The molecule has 8 heteroatoms. The molecular formula is C21H31N3O4S. The van der Waals surface area contributed by atoms with Crippen molar-refractivity contribution in [2.75, 3.05) is 19.6 Å². The highest BCUT2D eigenvalue weighted by Crippen LogP contribution is 2.24. The molecule has 1 aliphatic carbocycles. The fraction of sp³-hybridized carbons (Fsp3) is 0.619. The summed E-state index contributed by atoms with van der Waals surface area (Å²) in [7, 11) is -3.34. The molecule has 0 radical (unpaired) electrons. The van der Waals surface area contributed by atoms with Crippen molar-refractivity contribution in [2.45, 2.75) is 63.7 Å². The van der Waals surface area contributed by atoms with Crippen LogP contribution in [0.3, 0.4) is 0 Å². The molecule has 1 aromatic carbocycles. The van der Waals surface area contributed by atoms with E-state index >= 15 is 0 Å². The Kier molecular flexibility index (Phi) is 6.33. The van der Waals surface area contributed by atoms with Crippen LogP contribution in [0.5, 0.6) is 0 Å². The van der Waals surface area contributed by atoms with E-state index in [0.29, 0.717) is 31.5 Å². The lowest BCUT2D eigenvalue weighted by molar-refractivity contribution is -0.121. The monoisotopic (exact) mass is 421 g/mol. The Labute approximate surface area is 173 Å². The Hall–Kier alpha value is -1.93. The highest BCUT2D eigenvalue weighted by atomic mass is 32.2. The molecule has 2 amide bonds. The number of fused-ring (bicyclic) bond motifs is 1. The van der Waals surface area contributed by atoms with Gasteiger partial charge in [-0.25, -0.2) is 12.7 Å². The molecule has 1 heterocycles. The molecule has 0 spiro atoms. The van der Waals surface area contributed by atoms with Crippen LogP contribution in [-0.2, 0) is 27.7 Å². The number of benzene rings is 1. The highest BCUT2D eigenvalue weighted by Gasteiger charge is 2.37. The Morgan fingerprint density at radius 1 is 1.10 bits per heavy atom. The van der Waals surface area contributed by atoms with Gasteiger partial charge in [0, 0.05) is 24.7 Å². The van der Waals surface area contributed by atoms with Gasteiger partial charge in [-0.15, -0.1) is 0 Å². The van der Waals surface area contributed by atoms with Gasteiger partial charge >= 0.3 is 0 Å². The van der Waals surface area contributed by atoms with Gasteiger partial charge in [0.05, 0.1) is 11.3 Å². The van der Waals surface area contributed by atoms with Crippen molar-refractivity contribution in [3.8, 4) is 0 Å². The first-order valence-corrected chi connectivity index (χ1v) is 11.7. The number of carbonyl (C=O) groups is 2. The van der Waals surface area contributed by atoms with Crippen LogP contribution < -0.4 is 10.6 Å². The molecule has 7 nitrogen and oxygen atoms in total. The van der Waals surface area contributed by atoms with Gasteiger partial charge in [0.1, 0.15) is 0 Å². The minimum Gasteiger partial charge on any atom is -0.352 e. The van der Waals surface area contributed by atoms with E-state index in [-0.39, 0.29) is 24.4 Å². The van der Waals surface area contributed by atoms with Gasteiger partial charge in [0.2, 0.25) is 15.9 Å². The standard InChI is InChI=1S/C21H31N3O4S/c1-21(2,3)29(27,28)24-11-9-18(10-12-24)23-19(25)14-22-20(26)17-8-7-15-5-4-6-16(15)13-17/h7-8,13,18H,4-6,9-12,14H2,1-3H3,(H,22,26)(H,23,25). The summed E-state index contributed by atoms with van der Waals surface area (Å²) in [5.41, 5.74) is 3.11. The third-order valence-electron chi connectivity index (χ3n) is 5.70. The summed E-state index contributed by atoms with van der Waals surface area (Å²) in [6.07, 6.45) is 4.33. The number of carbonyl (C=O) groups excluding carboxylic acids is 2. The largest absolute Gasteiger partial charge is 0.352 e. The summed E-state index contributed by atoms with van der Waals surface area (Å²) < 4.78 is 25.7. The van der Waals surface area contributed by atoms with Gasteiger partial charge in [-0.3, -0.25) is 9.59 Å². The van der Waals surface area contributed by atoms with Crippen molar-refractivity contribution in [3.05, 3.63) is 34.9 Å². The topological polar surface area (TPSA) is 95.6 Å².